The number of hydrogen-bond acceptors (Lipinski definition) is 3. The van der Waals surface area contributed by atoms with Crippen molar-refractivity contribution in [1.29, 1.82) is 0 Å². The van der Waals surface area contributed by atoms with Crippen molar-refractivity contribution in [2.45, 2.75) is 39.8 Å². The third kappa shape index (κ3) is 3.66. The van der Waals surface area contributed by atoms with Gasteiger partial charge in [-0.1, -0.05) is 12.1 Å². The van der Waals surface area contributed by atoms with Gasteiger partial charge in [-0.15, -0.1) is 0 Å². The van der Waals surface area contributed by atoms with E-state index in [0.717, 1.165) is 11.3 Å². The molecule has 0 aromatic heterocycles. The summed E-state index contributed by atoms with van der Waals surface area (Å²) in [5, 5.41) is 6.01. The first-order chi connectivity index (χ1) is 7.91. The maximum atomic E-state index is 11.8. The lowest BCUT2D eigenvalue weighted by molar-refractivity contribution is -0.122. The van der Waals surface area contributed by atoms with Gasteiger partial charge in [0, 0.05) is 6.04 Å². The number of amides is 1. The lowest BCUT2D eigenvalue weighted by atomic mass is 10.1. The van der Waals surface area contributed by atoms with Crippen LogP contribution in [0.1, 0.15) is 26.3 Å². The van der Waals surface area contributed by atoms with Gasteiger partial charge in [0.25, 0.3) is 0 Å². The summed E-state index contributed by atoms with van der Waals surface area (Å²) in [7, 11) is 0. The van der Waals surface area contributed by atoms with E-state index in [9.17, 15) is 4.79 Å². The van der Waals surface area contributed by atoms with Crippen LogP contribution >= 0.6 is 0 Å². The smallest absolute Gasteiger partial charge is 0.242 e. The number of para-hydroxylation sites is 1. The van der Waals surface area contributed by atoms with Crippen LogP contribution in [0.15, 0.2) is 18.2 Å². The quantitative estimate of drug-likeness (QED) is 0.698. The minimum absolute atomic E-state index is 0.0253. The summed E-state index contributed by atoms with van der Waals surface area (Å²) in [4.78, 5) is 11.8. The molecule has 0 aliphatic heterocycles. The van der Waals surface area contributed by atoms with Crippen LogP contribution < -0.4 is 16.4 Å². The molecular weight excluding hydrogens is 214 g/mol. The molecule has 0 aliphatic carbocycles. The lowest BCUT2D eigenvalue weighted by Crippen LogP contribution is -2.41. The van der Waals surface area contributed by atoms with Crippen LogP contribution in [0.5, 0.6) is 0 Å². The highest BCUT2D eigenvalue weighted by atomic mass is 16.2. The molecule has 1 amide bonds. The summed E-state index contributed by atoms with van der Waals surface area (Å²) in [6.07, 6.45) is 0. The van der Waals surface area contributed by atoms with E-state index in [-0.39, 0.29) is 18.0 Å². The Morgan fingerprint density at radius 1 is 1.29 bits per heavy atom. The van der Waals surface area contributed by atoms with Crippen LogP contribution in [0.25, 0.3) is 0 Å². The zero-order chi connectivity index (χ0) is 13.0. The molecule has 0 radical (unpaired) electrons. The van der Waals surface area contributed by atoms with E-state index in [1.807, 2.05) is 45.9 Å². The third-order valence-corrected chi connectivity index (χ3v) is 2.49. The highest BCUT2D eigenvalue weighted by Gasteiger charge is 2.15. The molecule has 94 valence electrons. The number of nitrogen functional groups attached to an aromatic ring is 1. The molecule has 1 unspecified atom stereocenters. The SMILES string of the molecule is Cc1cccc(N)c1NC(C)C(=O)NC(C)C. The first-order valence-corrected chi connectivity index (χ1v) is 5.83. The van der Waals surface area contributed by atoms with E-state index in [1.54, 1.807) is 0 Å². The third-order valence-electron chi connectivity index (χ3n) is 2.49. The minimum Gasteiger partial charge on any atom is -0.397 e. The zero-order valence-electron chi connectivity index (χ0n) is 10.9. The second kappa shape index (κ2) is 5.57. The Labute approximate surface area is 103 Å². The fraction of sp³-hybridized carbons (Fsp3) is 0.462. The standard InChI is InChI=1S/C13H21N3O/c1-8(2)15-13(17)10(4)16-12-9(3)6-5-7-11(12)14/h5-8,10,16H,14H2,1-4H3,(H,15,17). The Morgan fingerprint density at radius 2 is 1.94 bits per heavy atom. The number of carbonyl (C=O) groups excluding carboxylic acids is 1. The zero-order valence-corrected chi connectivity index (χ0v) is 10.9. The maximum absolute atomic E-state index is 11.8. The van der Waals surface area contributed by atoms with Gasteiger partial charge in [-0.05, 0) is 39.3 Å². The van der Waals surface area contributed by atoms with Crippen LogP contribution in [0.4, 0.5) is 11.4 Å². The summed E-state index contributed by atoms with van der Waals surface area (Å²) in [5.74, 6) is -0.0253. The first kappa shape index (κ1) is 13.4. The van der Waals surface area contributed by atoms with Crippen LogP contribution in [-0.2, 0) is 4.79 Å². The molecule has 0 heterocycles. The highest BCUT2D eigenvalue weighted by molar-refractivity contribution is 5.86. The summed E-state index contributed by atoms with van der Waals surface area (Å²) in [6.45, 7) is 7.66. The summed E-state index contributed by atoms with van der Waals surface area (Å²) >= 11 is 0. The number of rotatable bonds is 4. The van der Waals surface area contributed by atoms with E-state index in [0.29, 0.717) is 5.69 Å². The predicted octanol–water partition coefficient (Wildman–Crippen LogP) is 1.90. The molecule has 4 heteroatoms. The van der Waals surface area contributed by atoms with Crippen molar-refractivity contribution in [1.82, 2.24) is 5.32 Å². The largest absolute Gasteiger partial charge is 0.397 e. The number of hydrogen-bond donors (Lipinski definition) is 3. The molecule has 0 saturated carbocycles. The van der Waals surface area contributed by atoms with Gasteiger partial charge in [0.05, 0.1) is 11.4 Å². The van der Waals surface area contributed by atoms with Crippen LogP contribution in [0, 0.1) is 6.92 Å². The molecule has 0 fully saturated rings. The first-order valence-electron chi connectivity index (χ1n) is 5.83. The van der Waals surface area contributed by atoms with Gasteiger partial charge in [-0.25, -0.2) is 0 Å². The summed E-state index contributed by atoms with van der Waals surface area (Å²) < 4.78 is 0. The predicted molar refractivity (Wildman–Crippen MR) is 72.0 cm³/mol. The molecule has 0 bridgehead atoms. The van der Waals surface area contributed by atoms with Crippen molar-refractivity contribution >= 4 is 17.3 Å². The second-order valence-electron chi connectivity index (χ2n) is 4.57. The highest BCUT2D eigenvalue weighted by Crippen LogP contribution is 2.23. The lowest BCUT2D eigenvalue weighted by Gasteiger charge is -2.19. The molecular formula is C13H21N3O. The molecule has 1 aromatic carbocycles. The Morgan fingerprint density at radius 3 is 2.47 bits per heavy atom. The van der Waals surface area contributed by atoms with Crippen LogP contribution in [0.2, 0.25) is 0 Å². The molecule has 4 N–H and O–H groups in total. The van der Waals surface area contributed by atoms with Crippen molar-refractivity contribution in [3.8, 4) is 0 Å². The number of nitrogens with one attached hydrogen (secondary N) is 2. The number of benzene rings is 1. The molecule has 4 nitrogen and oxygen atoms in total. The number of aryl methyl sites for hydroxylation is 1. The van der Waals surface area contributed by atoms with Crippen molar-refractivity contribution in [3.63, 3.8) is 0 Å². The van der Waals surface area contributed by atoms with E-state index < -0.39 is 0 Å². The monoisotopic (exact) mass is 235 g/mol. The Bertz CT molecular complexity index is 381. The molecule has 1 rings (SSSR count). The van der Waals surface area contributed by atoms with Crippen LogP contribution in [-0.4, -0.2) is 18.0 Å². The van der Waals surface area contributed by atoms with E-state index in [2.05, 4.69) is 10.6 Å². The number of carbonyl (C=O) groups is 1. The van der Waals surface area contributed by atoms with Crippen molar-refractivity contribution < 1.29 is 4.79 Å². The van der Waals surface area contributed by atoms with Gasteiger partial charge >= 0.3 is 0 Å². The number of anilines is 2. The van der Waals surface area contributed by atoms with Gasteiger partial charge in [0.1, 0.15) is 6.04 Å². The number of nitrogens with two attached hydrogens (primary N) is 1. The van der Waals surface area contributed by atoms with Gasteiger partial charge in [0.15, 0.2) is 0 Å². The van der Waals surface area contributed by atoms with Crippen molar-refractivity contribution in [2.24, 2.45) is 0 Å². The molecule has 0 saturated heterocycles. The van der Waals surface area contributed by atoms with E-state index in [1.165, 1.54) is 0 Å². The maximum Gasteiger partial charge on any atom is 0.242 e. The van der Waals surface area contributed by atoms with Gasteiger partial charge in [-0.3, -0.25) is 4.79 Å². The van der Waals surface area contributed by atoms with Crippen molar-refractivity contribution in [2.75, 3.05) is 11.1 Å². The van der Waals surface area contributed by atoms with E-state index >= 15 is 0 Å². The Hall–Kier alpha value is -1.71. The summed E-state index contributed by atoms with van der Waals surface area (Å²) in [5.41, 5.74) is 8.41. The fourth-order valence-corrected chi connectivity index (χ4v) is 1.58. The Balaban J connectivity index is 2.74. The second-order valence-corrected chi connectivity index (χ2v) is 4.57. The molecule has 1 aromatic rings. The summed E-state index contributed by atoms with van der Waals surface area (Å²) in [6, 6.07) is 5.52. The van der Waals surface area contributed by atoms with Crippen molar-refractivity contribution in [3.05, 3.63) is 23.8 Å². The topological polar surface area (TPSA) is 67.1 Å². The van der Waals surface area contributed by atoms with Gasteiger partial charge < -0.3 is 16.4 Å². The average molecular weight is 235 g/mol. The average Bonchev–Trinajstić information content (AvgIpc) is 2.22. The molecule has 0 aliphatic rings. The van der Waals surface area contributed by atoms with Gasteiger partial charge in [0.2, 0.25) is 5.91 Å². The fourth-order valence-electron chi connectivity index (χ4n) is 1.58. The Kier molecular flexibility index (Phi) is 4.37. The van der Waals surface area contributed by atoms with Gasteiger partial charge in [-0.2, -0.15) is 0 Å². The van der Waals surface area contributed by atoms with Crippen LogP contribution in [0.3, 0.4) is 0 Å². The molecule has 1 atom stereocenters. The molecule has 17 heavy (non-hydrogen) atoms. The molecule has 0 spiro atoms. The normalized spacial score (nSPS) is 12.3. The minimum atomic E-state index is -0.305. The van der Waals surface area contributed by atoms with E-state index in [4.69, 9.17) is 5.73 Å².